The van der Waals surface area contributed by atoms with E-state index in [9.17, 15) is 9.59 Å². The van der Waals surface area contributed by atoms with Gasteiger partial charge in [-0.2, -0.15) is 0 Å². The van der Waals surface area contributed by atoms with Crippen LogP contribution in [0.2, 0.25) is 10.0 Å². The van der Waals surface area contributed by atoms with Gasteiger partial charge in [0.1, 0.15) is 0 Å². The van der Waals surface area contributed by atoms with Crippen molar-refractivity contribution in [1.29, 1.82) is 0 Å². The highest BCUT2D eigenvalue weighted by Crippen LogP contribution is 2.24. The maximum absolute atomic E-state index is 12.5. The second-order valence-electron chi connectivity index (χ2n) is 6.16. The Balaban J connectivity index is 2.47. The zero-order valence-corrected chi connectivity index (χ0v) is 16.1. The summed E-state index contributed by atoms with van der Waals surface area (Å²) in [6.07, 6.45) is 3.15. The Kier molecular flexibility index (Phi) is 9.16. The molecule has 0 aliphatic rings. The van der Waals surface area contributed by atoms with E-state index < -0.39 is 0 Å². The van der Waals surface area contributed by atoms with Gasteiger partial charge < -0.3 is 10.2 Å². The average molecular weight is 373 g/mol. The molecule has 24 heavy (non-hydrogen) atoms. The van der Waals surface area contributed by atoms with Gasteiger partial charge in [-0.1, -0.05) is 35.7 Å². The van der Waals surface area contributed by atoms with Gasteiger partial charge in [-0.3, -0.25) is 9.59 Å². The van der Waals surface area contributed by atoms with Gasteiger partial charge in [0.15, 0.2) is 0 Å². The van der Waals surface area contributed by atoms with Crippen LogP contribution in [-0.2, 0) is 16.1 Å². The molecule has 0 fully saturated rings. The zero-order valence-electron chi connectivity index (χ0n) is 14.6. The van der Waals surface area contributed by atoms with Crippen LogP contribution in [0.25, 0.3) is 0 Å². The molecule has 0 saturated heterocycles. The molecule has 134 valence electrons. The van der Waals surface area contributed by atoms with E-state index in [2.05, 4.69) is 5.32 Å². The Morgan fingerprint density at radius 2 is 1.83 bits per heavy atom. The molecule has 0 heterocycles. The molecule has 1 aromatic carbocycles. The summed E-state index contributed by atoms with van der Waals surface area (Å²) in [4.78, 5) is 25.1. The minimum atomic E-state index is -0.0151. The van der Waals surface area contributed by atoms with Crippen LogP contribution in [-0.4, -0.2) is 29.3 Å². The Bertz CT molecular complexity index is 562. The Hall–Kier alpha value is -1.26. The number of hydrogen-bond donors (Lipinski definition) is 1. The van der Waals surface area contributed by atoms with Gasteiger partial charge in [0.2, 0.25) is 11.8 Å². The molecule has 0 spiro atoms. The van der Waals surface area contributed by atoms with Crippen LogP contribution in [0.3, 0.4) is 0 Å². The number of nitrogens with one attached hydrogen (secondary N) is 1. The summed E-state index contributed by atoms with van der Waals surface area (Å²) < 4.78 is 0. The Morgan fingerprint density at radius 3 is 2.42 bits per heavy atom. The fourth-order valence-corrected chi connectivity index (χ4v) is 2.70. The summed E-state index contributed by atoms with van der Waals surface area (Å²) in [5.74, 6) is 0.120. The van der Waals surface area contributed by atoms with Gasteiger partial charge in [0, 0.05) is 32.5 Å². The molecule has 0 aliphatic carbocycles. The van der Waals surface area contributed by atoms with Crippen molar-refractivity contribution in [1.82, 2.24) is 10.2 Å². The number of nitrogens with zero attached hydrogens (tertiary/aromatic N) is 1. The fourth-order valence-electron chi connectivity index (χ4n) is 2.38. The normalized spacial score (nSPS) is 10.8. The highest BCUT2D eigenvalue weighted by molar-refractivity contribution is 6.42. The van der Waals surface area contributed by atoms with Gasteiger partial charge in [-0.25, -0.2) is 0 Å². The first-order valence-corrected chi connectivity index (χ1v) is 9.04. The number of unbranched alkanes of at least 4 members (excludes halogenated alkanes) is 2. The van der Waals surface area contributed by atoms with Crippen molar-refractivity contribution in [3.05, 3.63) is 33.8 Å². The number of carbonyl (C=O) groups excluding carboxylic acids is 2. The number of amides is 2. The van der Waals surface area contributed by atoms with Crippen LogP contribution in [0.4, 0.5) is 0 Å². The summed E-state index contributed by atoms with van der Waals surface area (Å²) in [6.45, 7) is 6.71. The summed E-state index contributed by atoms with van der Waals surface area (Å²) in [5.41, 5.74) is 0.970. The number of benzene rings is 1. The standard InChI is InChI=1S/C18H26Cl2N2O2/c1-13(2)22(12-15-8-9-16(19)17(20)11-15)18(24)7-5-4-6-10-21-14(3)23/h8-9,11,13H,4-7,10,12H2,1-3H3,(H,21,23). The molecule has 0 radical (unpaired) electrons. The first kappa shape index (κ1) is 20.8. The number of rotatable bonds is 9. The third-order valence-corrected chi connectivity index (χ3v) is 4.46. The van der Waals surface area contributed by atoms with Crippen molar-refractivity contribution in [2.24, 2.45) is 0 Å². The minimum absolute atomic E-state index is 0.0151. The van der Waals surface area contributed by atoms with Crippen LogP contribution >= 0.6 is 23.2 Å². The number of halogens is 2. The maximum Gasteiger partial charge on any atom is 0.223 e. The summed E-state index contributed by atoms with van der Waals surface area (Å²) >= 11 is 12.0. The largest absolute Gasteiger partial charge is 0.356 e. The van der Waals surface area contributed by atoms with Gasteiger partial charge in [-0.05, 0) is 44.4 Å². The molecule has 1 aromatic rings. The van der Waals surface area contributed by atoms with E-state index in [1.54, 1.807) is 12.1 Å². The molecular weight excluding hydrogens is 347 g/mol. The van der Waals surface area contributed by atoms with Crippen molar-refractivity contribution < 1.29 is 9.59 Å². The maximum atomic E-state index is 12.5. The molecule has 0 bridgehead atoms. The molecular formula is C18H26Cl2N2O2. The molecule has 2 amide bonds. The fraction of sp³-hybridized carbons (Fsp3) is 0.556. The summed E-state index contributed by atoms with van der Waals surface area (Å²) in [7, 11) is 0. The molecule has 0 saturated carbocycles. The van der Waals surface area contributed by atoms with E-state index in [1.807, 2.05) is 24.8 Å². The van der Waals surface area contributed by atoms with Crippen LogP contribution in [0.1, 0.15) is 52.0 Å². The van der Waals surface area contributed by atoms with E-state index in [-0.39, 0.29) is 17.9 Å². The number of hydrogen-bond acceptors (Lipinski definition) is 2. The smallest absolute Gasteiger partial charge is 0.223 e. The molecule has 6 heteroatoms. The van der Waals surface area contributed by atoms with Gasteiger partial charge in [0.05, 0.1) is 10.0 Å². The van der Waals surface area contributed by atoms with Crippen LogP contribution < -0.4 is 5.32 Å². The van der Waals surface area contributed by atoms with E-state index in [4.69, 9.17) is 23.2 Å². The van der Waals surface area contributed by atoms with Crippen molar-refractivity contribution in [3.63, 3.8) is 0 Å². The lowest BCUT2D eigenvalue weighted by Crippen LogP contribution is -2.36. The molecule has 0 unspecified atom stereocenters. The van der Waals surface area contributed by atoms with Crippen LogP contribution in [0.5, 0.6) is 0 Å². The average Bonchev–Trinajstić information content (AvgIpc) is 2.50. The third kappa shape index (κ3) is 7.54. The Morgan fingerprint density at radius 1 is 1.12 bits per heavy atom. The zero-order chi connectivity index (χ0) is 18.1. The van der Waals surface area contributed by atoms with Gasteiger partial charge >= 0.3 is 0 Å². The highest BCUT2D eigenvalue weighted by atomic mass is 35.5. The van der Waals surface area contributed by atoms with E-state index in [0.29, 0.717) is 29.6 Å². The van der Waals surface area contributed by atoms with Crippen LogP contribution in [0.15, 0.2) is 18.2 Å². The molecule has 0 aromatic heterocycles. The van der Waals surface area contributed by atoms with E-state index in [1.165, 1.54) is 6.92 Å². The minimum Gasteiger partial charge on any atom is -0.356 e. The molecule has 4 nitrogen and oxygen atoms in total. The highest BCUT2D eigenvalue weighted by Gasteiger charge is 2.17. The van der Waals surface area contributed by atoms with Gasteiger partial charge in [-0.15, -0.1) is 0 Å². The van der Waals surface area contributed by atoms with Gasteiger partial charge in [0.25, 0.3) is 0 Å². The monoisotopic (exact) mass is 372 g/mol. The van der Waals surface area contributed by atoms with Crippen molar-refractivity contribution in [2.45, 2.75) is 59.0 Å². The third-order valence-electron chi connectivity index (χ3n) is 3.72. The Labute approximate surface area is 154 Å². The summed E-state index contributed by atoms with van der Waals surface area (Å²) in [5, 5.41) is 3.78. The predicted molar refractivity (Wildman–Crippen MR) is 99.3 cm³/mol. The quantitative estimate of drug-likeness (QED) is 0.651. The lowest BCUT2D eigenvalue weighted by Gasteiger charge is -2.27. The van der Waals surface area contributed by atoms with Crippen LogP contribution in [0, 0.1) is 0 Å². The molecule has 1 rings (SSSR count). The van der Waals surface area contributed by atoms with E-state index >= 15 is 0 Å². The summed E-state index contributed by atoms with van der Waals surface area (Å²) in [6, 6.07) is 5.57. The molecule has 1 N–H and O–H groups in total. The SMILES string of the molecule is CC(=O)NCCCCCC(=O)N(Cc1ccc(Cl)c(Cl)c1)C(C)C. The lowest BCUT2D eigenvalue weighted by atomic mass is 10.1. The first-order valence-electron chi connectivity index (χ1n) is 8.29. The van der Waals surface area contributed by atoms with Crippen molar-refractivity contribution in [2.75, 3.05) is 6.54 Å². The predicted octanol–water partition coefficient (Wildman–Crippen LogP) is 4.43. The van der Waals surface area contributed by atoms with Crippen molar-refractivity contribution >= 4 is 35.0 Å². The molecule has 0 aliphatic heterocycles. The molecule has 0 atom stereocenters. The number of carbonyl (C=O) groups is 2. The van der Waals surface area contributed by atoms with Crippen molar-refractivity contribution in [3.8, 4) is 0 Å². The first-order chi connectivity index (χ1) is 11.3. The second-order valence-corrected chi connectivity index (χ2v) is 6.97. The van der Waals surface area contributed by atoms with E-state index in [0.717, 1.165) is 24.8 Å². The second kappa shape index (κ2) is 10.6. The lowest BCUT2D eigenvalue weighted by molar-refractivity contribution is -0.133. The topological polar surface area (TPSA) is 49.4 Å².